The molecule has 0 saturated heterocycles. The number of rotatable bonds is 0. The number of carbonyl (C=O) groups is 1. The monoisotopic (exact) mass is 349 g/mol. The number of amides is 1. The minimum Gasteiger partial charge on any atom is -0.410 e. The second kappa shape index (κ2) is 5.06. The van der Waals surface area contributed by atoms with Gasteiger partial charge in [-0.15, -0.1) is 0 Å². The molecule has 3 nitrogen and oxygen atoms in total. The lowest BCUT2D eigenvalue weighted by atomic mass is 9.86. The molecule has 1 aromatic rings. The third-order valence-electron chi connectivity index (χ3n) is 3.67. The van der Waals surface area contributed by atoms with E-state index < -0.39 is 40.9 Å². The van der Waals surface area contributed by atoms with Crippen molar-refractivity contribution in [1.82, 2.24) is 5.32 Å². The van der Waals surface area contributed by atoms with E-state index in [2.05, 4.69) is 10.7 Å². The zero-order chi connectivity index (χ0) is 17.8. The Hall–Kier alpha value is -2.37. The van der Waals surface area contributed by atoms with Crippen molar-refractivity contribution in [2.24, 2.45) is 5.92 Å². The lowest BCUT2D eigenvalue weighted by molar-refractivity contribution is -0.181. The molecule has 2 aliphatic rings. The molecule has 1 aromatic carbocycles. The zero-order valence-electron chi connectivity index (χ0n) is 11.8. The van der Waals surface area contributed by atoms with E-state index in [9.17, 15) is 31.1 Å². The summed E-state index contributed by atoms with van der Waals surface area (Å²) in [7, 11) is 0. The van der Waals surface area contributed by atoms with Crippen LogP contribution in [0.3, 0.4) is 0 Å². The fourth-order valence-electron chi connectivity index (χ4n) is 2.27. The van der Waals surface area contributed by atoms with Crippen molar-refractivity contribution in [3.63, 3.8) is 0 Å². The first-order chi connectivity index (χ1) is 11.0. The number of ether oxygens (including phenoxy) is 1. The summed E-state index contributed by atoms with van der Waals surface area (Å²) in [5.41, 5.74) is -5.40. The molecule has 1 saturated carbocycles. The van der Waals surface area contributed by atoms with Crippen LogP contribution in [0, 0.1) is 17.8 Å². The van der Waals surface area contributed by atoms with E-state index in [-0.39, 0.29) is 5.92 Å². The predicted octanol–water partition coefficient (Wildman–Crippen LogP) is 3.98. The molecule has 0 unspecified atom stereocenters. The minimum atomic E-state index is -5.13. The molecule has 0 spiro atoms. The first-order valence-corrected chi connectivity index (χ1v) is 6.84. The van der Waals surface area contributed by atoms with Gasteiger partial charge >= 0.3 is 18.4 Å². The summed E-state index contributed by atoms with van der Waals surface area (Å²) >= 11 is 0. The molecular weight excluding hydrogens is 340 g/mol. The van der Waals surface area contributed by atoms with E-state index in [0.717, 1.165) is 0 Å². The van der Waals surface area contributed by atoms with Crippen molar-refractivity contribution in [3.05, 3.63) is 29.3 Å². The van der Waals surface area contributed by atoms with Crippen LogP contribution in [0.1, 0.15) is 24.0 Å². The lowest BCUT2D eigenvalue weighted by Gasteiger charge is -2.36. The number of carbonyl (C=O) groups excluding carboxylic acids is 1. The molecule has 1 amide bonds. The quantitative estimate of drug-likeness (QED) is 0.568. The second-order valence-corrected chi connectivity index (χ2v) is 5.51. The molecule has 0 radical (unpaired) electrons. The highest BCUT2D eigenvalue weighted by Gasteiger charge is 2.60. The van der Waals surface area contributed by atoms with Gasteiger partial charge in [0, 0.05) is 11.5 Å². The molecule has 24 heavy (non-hydrogen) atoms. The molecule has 128 valence electrons. The first kappa shape index (κ1) is 16.5. The number of hydrogen-bond donors (Lipinski definition) is 1. The number of halogens is 6. The van der Waals surface area contributed by atoms with Crippen molar-refractivity contribution in [2.75, 3.05) is 0 Å². The van der Waals surface area contributed by atoms with E-state index in [1.165, 1.54) is 0 Å². The summed E-state index contributed by atoms with van der Waals surface area (Å²) in [5, 5.41) is 1.56. The molecule has 1 N–H and O–H groups in total. The molecular formula is C15H9F6NO2. The Kier molecular flexibility index (Phi) is 3.48. The number of benzene rings is 1. The summed E-state index contributed by atoms with van der Waals surface area (Å²) in [6.07, 6.45) is -10.2. The highest BCUT2D eigenvalue weighted by molar-refractivity contribution is 5.77. The van der Waals surface area contributed by atoms with Crippen LogP contribution in [0.25, 0.3) is 0 Å². The van der Waals surface area contributed by atoms with E-state index >= 15 is 0 Å². The summed E-state index contributed by atoms with van der Waals surface area (Å²) in [6.45, 7) is 0. The van der Waals surface area contributed by atoms with Crippen LogP contribution in [0.2, 0.25) is 0 Å². The number of alkyl halides is 6. The smallest absolute Gasteiger partial charge is 0.410 e. The molecule has 3 rings (SSSR count). The van der Waals surface area contributed by atoms with Crippen molar-refractivity contribution in [3.8, 4) is 17.6 Å². The number of nitrogens with one attached hydrogen (secondary N) is 1. The third kappa shape index (κ3) is 2.77. The number of hydrogen-bond acceptors (Lipinski definition) is 2. The van der Waals surface area contributed by atoms with E-state index in [4.69, 9.17) is 0 Å². The summed E-state index contributed by atoms with van der Waals surface area (Å²) in [5.74, 6) is 3.47. The fraction of sp³-hybridized carbons (Fsp3) is 0.400. The molecule has 1 fully saturated rings. The third-order valence-corrected chi connectivity index (χ3v) is 3.67. The largest absolute Gasteiger partial charge is 0.427 e. The van der Waals surface area contributed by atoms with Gasteiger partial charge in [0.1, 0.15) is 5.75 Å². The Labute approximate surface area is 132 Å². The van der Waals surface area contributed by atoms with Gasteiger partial charge < -0.3 is 4.74 Å². The standard InChI is InChI=1S/C15H9F6NO2/c16-14(17,18)9-3-4-11-10(7-9)13(15(19,20)21,22-12(23)24-11)6-5-8-1-2-8/h3-4,7-8H,1-2H2,(H,22,23)/t13-/m0/s1. The molecule has 1 aliphatic carbocycles. The molecule has 0 aromatic heterocycles. The maximum Gasteiger partial charge on any atom is 0.427 e. The van der Waals surface area contributed by atoms with Gasteiger partial charge in [-0.3, -0.25) is 5.32 Å². The van der Waals surface area contributed by atoms with Gasteiger partial charge in [-0.2, -0.15) is 26.3 Å². The van der Waals surface area contributed by atoms with Gasteiger partial charge in [0.05, 0.1) is 5.56 Å². The Morgan fingerprint density at radius 1 is 1.17 bits per heavy atom. The topological polar surface area (TPSA) is 38.3 Å². The van der Waals surface area contributed by atoms with E-state index in [1.54, 1.807) is 5.32 Å². The van der Waals surface area contributed by atoms with Crippen molar-refractivity contribution in [2.45, 2.75) is 30.7 Å². The highest BCUT2D eigenvalue weighted by atomic mass is 19.4. The van der Waals surface area contributed by atoms with Crippen molar-refractivity contribution >= 4 is 6.09 Å². The van der Waals surface area contributed by atoms with Crippen LogP contribution in [-0.4, -0.2) is 12.3 Å². The van der Waals surface area contributed by atoms with Gasteiger partial charge in [-0.25, -0.2) is 4.79 Å². The lowest BCUT2D eigenvalue weighted by Crippen LogP contribution is -2.58. The molecule has 1 heterocycles. The normalized spacial score (nSPS) is 23.5. The van der Waals surface area contributed by atoms with E-state index in [1.807, 2.05) is 5.92 Å². The van der Waals surface area contributed by atoms with Crippen molar-refractivity contribution in [1.29, 1.82) is 0 Å². The Balaban J connectivity index is 2.23. The molecule has 1 atom stereocenters. The van der Waals surface area contributed by atoms with Crippen LogP contribution < -0.4 is 10.1 Å². The number of fused-ring (bicyclic) bond motifs is 1. The van der Waals surface area contributed by atoms with Crippen LogP contribution in [-0.2, 0) is 11.7 Å². The second-order valence-electron chi connectivity index (χ2n) is 5.51. The SMILES string of the molecule is O=C1N[C@](C#CC2CC2)(C(F)(F)F)c2cc(C(F)(F)F)ccc2O1. The van der Waals surface area contributed by atoms with Gasteiger partial charge in [-0.05, 0) is 31.0 Å². The van der Waals surface area contributed by atoms with Crippen LogP contribution in [0.5, 0.6) is 5.75 Å². The van der Waals surface area contributed by atoms with Gasteiger partial charge in [0.25, 0.3) is 0 Å². The van der Waals surface area contributed by atoms with Gasteiger partial charge in [-0.1, -0.05) is 11.8 Å². The molecule has 0 bridgehead atoms. The molecule has 1 aliphatic heterocycles. The Morgan fingerprint density at radius 2 is 1.83 bits per heavy atom. The van der Waals surface area contributed by atoms with Crippen LogP contribution in [0.4, 0.5) is 31.1 Å². The van der Waals surface area contributed by atoms with Crippen LogP contribution in [0.15, 0.2) is 18.2 Å². The summed E-state index contributed by atoms with van der Waals surface area (Å²) < 4.78 is 84.3. The summed E-state index contributed by atoms with van der Waals surface area (Å²) in [6, 6.07) is 1.55. The first-order valence-electron chi connectivity index (χ1n) is 6.84. The van der Waals surface area contributed by atoms with Gasteiger partial charge in [0.15, 0.2) is 0 Å². The maximum atomic E-state index is 13.7. The van der Waals surface area contributed by atoms with E-state index in [0.29, 0.717) is 31.0 Å². The summed E-state index contributed by atoms with van der Waals surface area (Å²) in [4.78, 5) is 11.5. The minimum absolute atomic E-state index is 0.252. The zero-order valence-corrected chi connectivity index (χ0v) is 11.8. The fourth-order valence-corrected chi connectivity index (χ4v) is 2.27. The van der Waals surface area contributed by atoms with Gasteiger partial charge in [0.2, 0.25) is 5.54 Å². The van der Waals surface area contributed by atoms with Crippen molar-refractivity contribution < 1.29 is 35.9 Å². The predicted molar refractivity (Wildman–Crippen MR) is 68.8 cm³/mol. The Morgan fingerprint density at radius 3 is 2.38 bits per heavy atom. The highest BCUT2D eigenvalue weighted by Crippen LogP contribution is 2.46. The average Bonchev–Trinajstić information content (AvgIpc) is 3.26. The Bertz CT molecular complexity index is 754. The maximum absolute atomic E-state index is 13.7. The van der Waals surface area contributed by atoms with Crippen LogP contribution >= 0.6 is 0 Å². The average molecular weight is 349 g/mol. The molecule has 9 heteroatoms.